The van der Waals surface area contributed by atoms with E-state index < -0.39 is 6.17 Å². The highest BCUT2D eigenvalue weighted by atomic mass is 19.1. The van der Waals surface area contributed by atoms with Crippen molar-refractivity contribution in [3.05, 3.63) is 0 Å². The van der Waals surface area contributed by atoms with Crippen molar-refractivity contribution in [1.29, 1.82) is 0 Å². The van der Waals surface area contributed by atoms with Crippen LogP contribution in [0.4, 0.5) is 4.39 Å². The summed E-state index contributed by atoms with van der Waals surface area (Å²) < 4.78 is 12.1. The van der Waals surface area contributed by atoms with E-state index in [0.717, 1.165) is 0 Å². The Bertz CT molecular complexity index is 70.0. The SMILES string of the molecule is CC1CC(F)CN1.CNC. The Hall–Kier alpha value is -0.150. The molecule has 2 N–H and O–H groups in total. The highest BCUT2D eigenvalue weighted by Crippen LogP contribution is 2.07. The quantitative estimate of drug-likeness (QED) is 0.524. The lowest BCUT2D eigenvalue weighted by molar-refractivity contribution is 0.357. The zero-order valence-corrected chi connectivity index (χ0v) is 6.95. The van der Waals surface area contributed by atoms with Gasteiger partial charge in [-0.1, -0.05) is 0 Å². The smallest absolute Gasteiger partial charge is 0.114 e. The first-order chi connectivity index (χ1) is 4.70. The second kappa shape index (κ2) is 5.62. The van der Waals surface area contributed by atoms with Gasteiger partial charge in [0.05, 0.1) is 0 Å². The minimum atomic E-state index is -0.588. The molecule has 0 aliphatic carbocycles. The van der Waals surface area contributed by atoms with E-state index in [-0.39, 0.29) is 0 Å². The number of halogens is 1. The highest BCUT2D eigenvalue weighted by Gasteiger charge is 2.18. The maximum atomic E-state index is 12.1. The number of alkyl halides is 1. The van der Waals surface area contributed by atoms with Gasteiger partial charge in [0.25, 0.3) is 0 Å². The molecule has 2 atom stereocenters. The van der Waals surface area contributed by atoms with Gasteiger partial charge >= 0.3 is 0 Å². The molecule has 1 aliphatic rings. The van der Waals surface area contributed by atoms with Crippen LogP contribution in [0.2, 0.25) is 0 Å². The van der Waals surface area contributed by atoms with Crippen molar-refractivity contribution in [3.8, 4) is 0 Å². The summed E-state index contributed by atoms with van der Waals surface area (Å²) >= 11 is 0. The largest absolute Gasteiger partial charge is 0.323 e. The van der Waals surface area contributed by atoms with Crippen molar-refractivity contribution >= 4 is 0 Å². The standard InChI is InChI=1S/C5H10FN.C2H7N/c1-4-2-5(6)3-7-4;1-3-2/h4-5,7H,2-3H2,1H3;3H,1-2H3. The maximum Gasteiger partial charge on any atom is 0.114 e. The molecule has 1 heterocycles. The fraction of sp³-hybridized carbons (Fsp3) is 1.00. The summed E-state index contributed by atoms with van der Waals surface area (Å²) in [6.45, 7) is 2.56. The molecule has 3 heteroatoms. The first-order valence-corrected chi connectivity index (χ1v) is 3.66. The van der Waals surface area contributed by atoms with Gasteiger partial charge < -0.3 is 10.6 Å². The average Bonchev–Trinajstić information content (AvgIpc) is 2.17. The van der Waals surface area contributed by atoms with Gasteiger partial charge in [-0.2, -0.15) is 0 Å². The predicted molar refractivity (Wildman–Crippen MR) is 42.0 cm³/mol. The van der Waals surface area contributed by atoms with Gasteiger partial charge in [0, 0.05) is 12.6 Å². The van der Waals surface area contributed by atoms with E-state index in [9.17, 15) is 4.39 Å². The van der Waals surface area contributed by atoms with E-state index in [1.165, 1.54) is 0 Å². The third-order valence-electron chi connectivity index (χ3n) is 1.30. The summed E-state index contributed by atoms with van der Waals surface area (Å²) in [5.74, 6) is 0. The van der Waals surface area contributed by atoms with Gasteiger partial charge in [-0.3, -0.25) is 0 Å². The van der Waals surface area contributed by atoms with Crippen LogP contribution >= 0.6 is 0 Å². The number of nitrogens with one attached hydrogen (secondary N) is 2. The number of hydrogen-bond donors (Lipinski definition) is 2. The summed E-state index contributed by atoms with van der Waals surface area (Å²) in [5.41, 5.74) is 0. The molecule has 0 saturated carbocycles. The van der Waals surface area contributed by atoms with Crippen molar-refractivity contribution in [2.24, 2.45) is 0 Å². The van der Waals surface area contributed by atoms with Gasteiger partial charge in [0.2, 0.25) is 0 Å². The third-order valence-corrected chi connectivity index (χ3v) is 1.30. The Morgan fingerprint density at radius 2 is 2.00 bits per heavy atom. The average molecular weight is 148 g/mol. The van der Waals surface area contributed by atoms with Crippen LogP contribution in [-0.4, -0.2) is 32.9 Å². The van der Waals surface area contributed by atoms with Crippen LogP contribution in [0.3, 0.4) is 0 Å². The van der Waals surface area contributed by atoms with Crippen molar-refractivity contribution in [2.75, 3.05) is 20.6 Å². The topological polar surface area (TPSA) is 24.1 Å². The van der Waals surface area contributed by atoms with E-state index in [2.05, 4.69) is 10.6 Å². The lowest BCUT2D eigenvalue weighted by Gasteiger charge is -1.94. The monoisotopic (exact) mass is 148 g/mol. The lowest BCUT2D eigenvalue weighted by atomic mass is 10.2. The molecule has 1 aliphatic heterocycles. The third kappa shape index (κ3) is 4.70. The molecule has 2 nitrogen and oxygen atoms in total. The molecule has 0 aromatic rings. The summed E-state index contributed by atoms with van der Waals surface area (Å²) in [7, 11) is 3.75. The first-order valence-electron chi connectivity index (χ1n) is 3.66. The van der Waals surface area contributed by atoms with Gasteiger partial charge in [-0.05, 0) is 27.4 Å². The molecule has 1 saturated heterocycles. The van der Waals surface area contributed by atoms with E-state index in [4.69, 9.17) is 0 Å². The molecule has 0 aromatic carbocycles. The second-order valence-electron chi connectivity index (χ2n) is 2.64. The van der Waals surface area contributed by atoms with Gasteiger partial charge in [-0.25, -0.2) is 4.39 Å². The van der Waals surface area contributed by atoms with Gasteiger partial charge in [-0.15, -0.1) is 0 Å². The molecule has 0 spiro atoms. The zero-order valence-electron chi connectivity index (χ0n) is 6.95. The summed E-state index contributed by atoms with van der Waals surface area (Å²) in [6, 6.07) is 0.398. The number of rotatable bonds is 0. The second-order valence-corrected chi connectivity index (χ2v) is 2.64. The molecule has 0 amide bonds. The van der Waals surface area contributed by atoms with Gasteiger partial charge in [0.15, 0.2) is 0 Å². The summed E-state index contributed by atoms with van der Waals surface area (Å²) in [5, 5.41) is 5.74. The molecule has 0 radical (unpaired) electrons. The zero-order chi connectivity index (χ0) is 7.98. The molecule has 1 fully saturated rings. The minimum absolute atomic E-state index is 0.398. The normalized spacial score (nSPS) is 31.2. The van der Waals surface area contributed by atoms with Crippen molar-refractivity contribution in [2.45, 2.75) is 25.6 Å². The molecule has 0 bridgehead atoms. The van der Waals surface area contributed by atoms with Crippen LogP contribution in [0.15, 0.2) is 0 Å². The van der Waals surface area contributed by atoms with Crippen LogP contribution in [0.25, 0.3) is 0 Å². The Morgan fingerprint density at radius 1 is 1.50 bits per heavy atom. The van der Waals surface area contributed by atoms with Crippen LogP contribution in [-0.2, 0) is 0 Å². The fourth-order valence-electron chi connectivity index (χ4n) is 0.879. The van der Waals surface area contributed by atoms with Crippen molar-refractivity contribution in [1.82, 2.24) is 10.6 Å². The highest BCUT2D eigenvalue weighted by molar-refractivity contribution is 4.76. The first kappa shape index (κ1) is 9.85. The van der Waals surface area contributed by atoms with Crippen LogP contribution in [0.1, 0.15) is 13.3 Å². The Kier molecular flexibility index (Phi) is 5.54. The van der Waals surface area contributed by atoms with Crippen molar-refractivity contribution < 1.29 is 4.39 Å². The number of hydrogen-bond acceptors (Lipinski definition) is 2. The fourth-order valence-corrected chi connectivity index (χ4v) is 0.879. The summed E-state index contributed by atoms with van der Waals surface area (Å²) in [4.78, 5) is 0. The molecule has 1 rings (SSSR count). The van der Waals surface area contributed by atoms with Crippen molar-refractivity contribution in [3.63, 3.8) is 0 Å². The Morgan fingerprint density at radius 3 is 2.10 bits per heavy atom. The molecule has 0 aromatic heterocycles. The van der Waals surface area contributed by atoms with E-state index in [1.807, 2.05) is 21.0 Å². The van der Waals surface area contributed by atoms with E-state index >= 15 is 0 Å². The molecule has 62 valence electrons. The van der Waals surface area contributed by atoms with E-state index in [1.54, 1.807) is 0 Å². The maximum absolute atomic E-state index is 12.1. The predicted octanol–water partition coefficient (Wildman–Crippen LogP) is 0.542. The van der Waals surface area contributed by atoms with Gasteiger partial charge in [0.1, 0.15) is 6.17 Å². The van der Waals surface area contributed by atoms with Crippen LogP contribution in [0, 0.1) is 0 Å². The lowest BCUT2D eigenvalue weighted by Crippen LogP contribution is -2.16. The minimum Gasteiger partial charge on any atom is -0.323 e. The Balaban J connectivity index is 0.000000236. The van der Waals surface area contributed by atoms with Crippen LogP contribution < -0.4 is 10.6 Å². The summed E-state index contributed by atoms with van der Waals surface area (Å²) in [6.07, 6.45) is 0.106. The molecular formula is C7H17FN2. The van der Waals surface area contributed by atoms with E-state index in [0.29, 0.717) is 19.0 Å². The molecule has 10 heavy (non-hydrogen) atoms. The van der Waals surface area contributed by atoms with Crippen LogP contribution in [0.5, 0.6) is 0 Å². The Labute approximate surface area is 62.2 Å². The molecule has 2 unspecified atom stereocenters. The molecular weight excluding hydrogens is 131 g/mol.